The normalized spacial score (nSPS) is 10.6. The molecule has 0 atom stereocenters. The number of halogens is 4. The van der Waals surface area contributed by atoms with Gasteiger partial charge in [-0.1, -0.05) is 29.8 Å². The minimum atomic E-state index is -5.08. The van der Waals surface area contributed by atoms with Crippen LogP contribution < -0.4 is 16.4 Å². The molecular weight excluding hydrogens is 611 g/mol. The Balaban J connectivity index is 0.000000646. The van der Waals surface area contributed by atoms with Gasteiger partial charge >= 0.3 is 12.1 Å². The number of carboxylic acid groups (broad SMARTS) is 1. The number of thiophene rings is 1. The van der Waals surface area contributed by atoms with Crippen molar-refractivity contribution in [3.05, 3.63) is 81.5 Å². The molecule has 4 aromatic rings. The number of nitrogens with two attached hydrogens (primary N) is 1. The van der Waals surface area contributed by atoms with Crippen molar-refractivity contribution in [2.75, 3.05) is 17.2 Å². The van der Waals surface area contributed by atoms with Gasteiger partial charge in [0.1, 0.15) is 17.4 Å². The molecule has 15 heteroatoms. The van der Waals surface area contributed by atoms with Crippen LogP contribution in [0.1, 0.15) is 21.7 Å². The topological polar surface area (TPSA) is 178 Å². The van der Waals surface area contributed by atoms with Gasteiger partial charge in [0.2, 0.25) is 5.91 Å². The van der Waals surface area contributed by atoms with Crippen molar-refractivity contribution in [1.29, 1.82) is 5.26 Å². The number of nitriles is 1. The Morgan fingerprint density at radius 2 is 1.77 bits per heavy atom. The number of phenols is 1. The summed E-state index contributed by atoms with van der Waals surface area (Å²) in [7, 11) is 0. The van der Waals surface area contributed by atoms with Crippen molar-refractivity contribution in [1.82, 2.24) is 4.98 Å². The van der Waals surface area contributed by atoms with Gasteiger partial charge in [-0.2, -0.15) is 18.4 Å². The number of aliphatic carboxylic acids is 1. The highest BCUT2D eigenvalue weighted by Crippen LogP contribution is 2.37. The lowest BCUT2D eigenvalue weighted by Crippen LogP contribution is -2.21. The van der Waals surface area contributed by atoms with Gasteiger partial charge in [0, 0.05) is 34.8 Å². The van der Waals surface area contributed by atoms with E-state index in [1.54, 1.807) is 60.0 Å². The molecule has 10 nitrogen and oxygen atoms in total. The molecule has 0 unspecified atom stereocenters. The number of nitrogens with zero attached hydrogens (tertiary/aromatic N) is 2. The van der Waals surface area contributed by atoms with E-state index in [-0.39, 0.29) is 36.0 Å². The summed E-state index contributed by atoms with van der Waals surface area (Å²) in [4.78, 5) is 38.7. The molecule has 0 saturated carbocycles. The molecule has 0 spiro atoms. The predicted molar refractivity (Wildman–Crippen MR) is 155 cm³/mol. The van der Waals surface area contributed by atoms with Crippen LogP contribution in [0.2, 0.25) is 5.02 Å². The number of alkyl halides is 3. The number of aromatic nitrogens is 1. The second-order valence-electron chi connectivity index (χ2n) is 8.45. The van der Waals surface area contributed by atoms with Gasteiger partial charge in [-0.15, -0.1) is 11.3 Å². The number of hydrogen-bond acceptors (Lipinski definition) is 8. The van der Waals surface area contributed by atoms with Crippen LogP contribution in [0, 0.1) is 11.3 Å². The first-order valence-electron chi connectivity index (χ1n) is 12.0. The van der Waals surface area contributed by atoms with E-state index in [2.05, 4.69) is 21.7 Å². The lowest BCUT2D eigenvalue weighted by molar-refractivity contribution is -0.192. The number of carboxylic acids is 1. The average molecular weight is 632 g/mol. The number of carbonyl (C=O) groups excluding carboxylic acids is 2. The monoisotopic (exact) mass is 631 g/mol. The number of anilines is 2. The minimum Gasteiger partial charge on any atom is -0.507 e. The van der Waals surface area contributed by atoms with Crippen LogP contribution in [0.25, 0.3) is 22.4 Å². The molecular formula is C28H21ClF3N5O5S. The van der Waals surface area contributed by atoms with Crippen LogP contribution >= 0.6 is 22.9 Å². The molecule has 0 bridgehead atoms. The van der Waals surface area contributed by atoms with Gasteiger partial charge in [0.05, 0.1) is 10.6 Å². The van der Waals surface area contributed by atoms with E-state index in [1.165, 1.54) is 17.4 Å². The van der Waals surface area contributed by atoms with Gasteiger partial charge in [-0.05, 0) is 53.4 Å². The summed E-state index contributed by atoms with van der Waals surface area (Å²) in [5.41, 5.74) is 7.84. The number of carbonyl (C=O) groups is 3. The van der Waals surface area contributed by atoms with Gasteiger partial charge < -0.3 is 26.6 Å². The number of nitrogens with one attached hydrogen (secondary N) is 2. The van der Waals surface area contributed by atoms with Crippen LogP contribution in [0.3, 0.4) is 0 Å². The molecule has 2 aromatic heterocycles. The average Bonchev–Trinajstić information content (AvgIpc) is 3.48. The molecule has 2 amide bonds. The lowest BCUT2D eigenvalue weighted by Gasteiger charge is -2.15. The van der Waals surface area contributed by atoms with Crippen LogP contribution in [-0.2, 0) is 9.59 Å². The Bertz CT molecular complexity index is 1690. The maximum atomic E-state index is 12.8. The molecule has 0 saturated heterocycles. The fourth-order valence-corrected chi connectivity index (χ4v) is 4.32. The number of phenolic OH excluding ortho intramolecular Hbond substituents is 1. The third-order valence-corrected chi connectivity index (χ3v) is 6.52. The van der Waals surface area contributed by atoms with Crippen molar-refractivity contribution < 1.29 is 37.8 Å². The second-order valence-corrected chi connectivity index (χ2v) is 9.84. The first-order valence-corrected chi connectivity index (χ1v) is 13.3. The number of aromatic hydroxyl groups is 1. The van der Waals surface area contributed by atoms with Crippen LogP contribution in [0.5, 0.6) is 5.75 Å². The number of pyridine rings is 1. The number of amides is 2. The highest BCUT2D eigenvalue weighted by atomic mass is 35.5. The minimum absolute atomic E-state index is 0.0373. The van der Waals surface area contributed by atoms with Gasteiger partial charge in [0.25, 0.3) is 5.91 Å². The third kappa shape index (κ3) is 8.76. The number of hydrogen-bond donors (Lipinski definition) is 5. The predicted octanol–water partition coefficient (Wildman–Crippen LogP) is 5.88. The van der Waals surface area contributed by atoms with E-state index < -0.39 is 18.1 Å². The molecule has 0 fully saturated rings. The maximum Gasteiger partial charge on any atom is 0.490 e. The zero-order valence-electron chi connectivity index (χ0n) is 21.8. The first kappa shape index (κ1) is 32.5. The van der Waals surface area contributed by atoms with Crippen molar-refractivity contribution in [2.45, 2.75) is 12.6 Å². The van der Waals surface area contributed by atoms with Gasteiger partial charge in [0.15, 0.2) is 5.82 Å². The molecule has 6 N–H and O–H groups in total. The summed E-state index contributed by atoms with van der Waals surface area (Å²) in [5, 5.41) is 35.3. The molecule has 0 radical (unpaired) electrons. The summed E-state index contributed by atoms with van der Waals surface area (Å²) in [6.45, 7) is 0.218. The van der Waals surface area contributed by atoms with E-state index in [0.717, 1.165) is 0 Å². The molecule has 222 valence electrons. The van der Waals surface area contributed by atoms with Crippen LogP contribution in [0.15, 0.2) is 66.0 Å². The Hall–Kier alpha value is -4.97. The Labute approximate surface area is 251 Å². The van der Waals surface area contributed by atoms with Crippen molar-refractivity contribution in [3.8, 4) is 34.2 Å². The van der Waals surface area contributed by atoms with E-state index in [0.29, 0.717) is 38.0 Å². The maximum absolute atomic E-state index is 12.8. The van der Waals surface area contributed by atoms with E-state index in [9.17, 15) is 33.1 Å². The van der Waals surface area contributed by atoms with E-state index in [4.69, 9.17) is 27.2 Å². The molecule has 0 aliphatic heterocycles. The lowest BCUT2D eigenvalue weighted by atomic mass is 9.97. The number of rotatable bonds is 7. The Morgan fingerprint density at radius 1 is 1.05 bits per heavy atom. The first-order chi connectivity index (χ1) is 20.3. The van der Waals surface area contributed by atoms with Crippen molar-refractivity contribution in [2.24, 2.45) is 5.73 Å². The van der Waals surface area contributed by atoms with Crippen LogP contribution in [-0.4, -0.2) is 45.7 Å². The van der Waals surface area contributed by atoms with Gasteiger partial charge in [-0.25, -0.2) is 9.78 Å². The molecule has 43 heavy (non-hydrogen) atoms. The van der Waals surface area contributed by atoms with Crippen molar-refractivity contribution >= 4 is 52.2 Å². The zero-order chi connectivity index (χ0) is 31.7. The van der Waals surface area contributed by atoms with Crippen molar-refractivity contribution in [3.63, 3.8) is 0 Å². The summed E-state index contributed by atoms with van der Waals surface area (Å²) < 4.78 is 31.7. The largest absolute Gasteiger partial charge is 0.507 e. The molecule has 2 aromatic carbocycles. The highest BCUT2D eigenvalue weighted by molar-refractivity contribution is 7.12. The Kier molecular flexibility index (Phi) is 10.8. The zero-order valence-corrected chi connectivity index (χ0v) is 23.3. The Morgan fingerprint density at radius 3 is 2.35 bits per heavy atom. The molecule has 2 heterocycles. The fourth-order valence-electron chi connectivity index (χ4n) is 3.53. The third-order valence-electron chi connectivity index (χ3n) is 5.42. The molecule has 4 rings (SSSR count). The van der Waals surface area contributed by atoms with E-state index in [1.807, 2.05) is 0 Å². The summed E-state index contributed by atoms with van der Waals surface area (Å²) in [6.07, 6.45) is -4.91. The molecule has 0 aliphatic carbocycles. The van der Waals surface area contributed by atoms with E-state index >= 15 is 0 Å². The SMILES string of the molecule is N#Cc1c(-c2cccc(NC(=O)CCN)c2)cc(-c2ccc(Cl)cc2O)nc1NC(=O)c1cccs1.O=C(O)C(F)(F)F. The summed E-state index contributed by atoms with van der Waals surface area (Å²) in [6, 6.07) is 18.7. The fraction of sp³-hybridized carbons (Fsp3) is 0.107. The standard InChI is InChI=1S/C26H20ClN5O3S.C2HF3O2/c27-16-6-7-18(22(33)12-16)21-13-19(15-3-1-4-17(11-15)30-24(34)8-9-28)20(14-29)25(31-21)32-26(35)23-5-2-10-36-23;3-2(4,5)1(6)7/h1-7,10-13,33H,8-9,28H2,(H,30,34)(H,31,32,35);(H,6,7). The smallest absolute Gasteiger partial charge is 0.490 e. The highest BCUT2D eigenvalue weighted by Gasteiger charge is 2.38. The quantitative estimate of drug-likeness (QED) is 0.168. The second kappa shape index (κ2) is 14.3. The van der Waals surface area contributed by atoms with Gasteiger partial charge in [-0.3, -0.25) is 9.59 Å². The summed E-state index contributed by atoms with van der Waals surface area (Å²) >= 11 is 7.25. The summed E-state index contributed by atoms with van der Waals surface area (Å²) in [5.74, 6) is -3.48. The molecule has 0 aliphatic rings. The number of benzene rings is 2. The van der Waals surface area contributed by atoms with Crippen LogP contribution in [0.4, 0.5) is 24.7 Å².